The Morgan fingerprint density at radius 3 is 2.58 bits per heavy atom. The lowest BCUT2D eigenvalue weighted by atomic mass is 10.2. The number of nitrogens with one attached hydrogen (secondary N) is 2. The van der Waals surface area contributed by atoms with Crippen LogP contribution in [0.3, 0.4) is 0 Å². The van der Waals surface area contributed by atoms with E-state index in [1.54, 1.807) is 32.9 Å². The van der Waals surface area contributed by atoms with Gasteiger partial charge in [0, 0.05) is 18.8 Å². The summed E-state index contributed by atoms with van der Waals surface area (Å²) in [5.41, 5.74) is 1.61. The maximum atomic E-state index is 12.2. The van der Waals surface area contributed by atoms with Gasteiger partial charge in [0.15, 0.2) is 0 Å². The maximum absolute atomic E-state index is 12.2. The SMILES string of the molecule is Cc1cnc(C(=O)NCc2cccc(S(=O)(=O)NC(C)C)c2)cn1. The predicted molar refractivity (Wildman–Crippen MR) is 89.8 cm³/mol. The van der Waals surface area contributed by atoms with Crippen molar-refractivity contribution >= 4 is 15.9 Å². The summed E-state index contributed by atoms with van der Waals surface area (Å²) in [5.74, 6) is -0.365. The highest BCUT2D eigenvalue weighted by molar-refractivity contribution is 7.89. The largest absolute Gasteiger partial charge is 0.347 e. The predicted octanol–water partition coefficient (Wildman–Crippen LogP) is 1.40. The lowest BCUT2D eigenvalue weighted by Gasteiger charge is -2.11. The third-order valence-electron chi connectivity index (χ3n) is 3.07. The summed E-state index contributed by atoms with van der Waals surface area (Å²) in [5, 5.41) is 2.70. The minimum absolute atomic E-state index is 0.165. The number of amides is 1. The first-order valence-electron chi connectivity index (χ1n) is 7.46. The molecule has 7 nitrogen and oxygen atoms in total. The molecule has 8 heteroatoms. The van der Waals surface area contributed by atoms with Crippen LogP contribution in [0.4, 0.5) is 0 Å². The molecule has 2 N–H and O–H groups in total. The highest BCUT2D eigenvalue weighted by Crippen LogP contribution is 2.12. The van der Waals surface area contributed by atoms with E-state index < -0.39 is 10.0 Å². The van der Waals surface area contributed by atoms with Crippen LogP contribution in [0.15, 0.2) is 41.6 Å². The Labute approximate surface area is 141 Å². The van der Waals surface area contributed by atoms with Crippen molar-refractivity contribution in [2.24, 2.45) is 0 Å². The molecule has 128 valence electrons. The Kier molecular flexibility index (Phi) is 5.63. The first-order chi connectivity index (χ1) is 11.3. The molecule has 0 aliphatic rings. The molecule has 0 spiro atoms. The van der Waals surface area contributed by atoms with Crippen LogP contribution in [0, 0.1) is 6.92 Å². The Morgan fingerprint density at radius 2 is 1.96 bits per heavy atom. The Balaban J connectivity index is 2.07. The Morgan fingerprint density at radius 1 is 1.21 bits per heavy atom. The molecule has 1 aromatic carbocycles. The lowest BCUT2D eigenvalue weighted by molar-refractivity contribution is 0.0945. The van der Waals surface area contributed by atoms with E-state index in [1.165, 1.54) is 24.5 Å². The molecule has 2 aromatic rings. The monoisotopic (exact) mass is 348 g/mol. The van der Waals surface area contributed by atoms with Crippen molar-refractivity contribution in [1.29, 1.82) is 0 Å². The number of carbonyl (C=O) groups excluding carboxylic acids is 1. The zero-order chi connectivity index (χ0) is 17.7. The normalized spacial score (nSPS) is 11.5. The number of hydrogen-bond donors (Lipinski definition) is 2. The minimum atomic E-state index is -3.56. The molecule has 0 saturated carbocycles. The van der Waals surface area contributed by atoms with Gasteiger partial charge in [0.05, 0.1) is 16.8 Å². The van der Waals surface area contributed by atoms with Crippen LogP contribution in [-0.4, -0.2) is 30.3 Å². The fourth-order valence-electron chi connectivity index (χ4n) is 1.98. The van der Waals surface area contributed by atoms with Gasteiger partial charge in [-0.05, 0) is 38.5 Å². The molecular formula is C16H20N4O3S. The molecule has 1 aromatic heterocycles. The molecule has 0 radical (unpaired) electrons. The summed E-state index contributed by atoms with van der Waals surface area (Å²) in [7, 11) is -3.56. The van der Waals surface area contributed by atoms with Crippen molar-refractivity contribution in [3.63, 3.8) is 0 Å². The van der Waals surface area contributed by atoms with Crippen LogP contribution < -0.4 is 10.0 Å². The smallest absolute Gasteiger partial charge is 0.271 e. The zero-order valence-corrected chi connectivity index (χ0v) is 14.6. The summed E-state index contributed by atoms with van der Waals surface area (Å²) >= 11 is 0. The first-order valence-corrected chi connectivity index (χ1v) is 8.94. The minimum Gasteiger partial charge on any atom is -0.347 e. The van der Waals surface area contributed by atoms with Gasteiger partial charge < -0.3 is 5.32 Å². The first kappa shape index (κ1) is 18.0. The summed E-state index contributed by atoms with van der Waals surface area (Å²) in [6.07, 6.45) is 2.91. The fraction of sp³-hybridized carbons (Fsp3) is 0.312. The summed E-state index contributed by atoms with van der Waals surface area (Å²) in [4.78, 5) is 20.2. The van der Waals surface area contributed by atoms with E-state index in [4.69, 9.17) is 0 Å². The summed E-state index contributed by atoms with van der Waals surface area (Å²) in [6, 6.07) is 6.24. The number of rotatable bonds is 6. The van der Waals surface area contributed by atoms with E-state index in [0.717, 1.165) is 5.69 Å². The standard InChI is InChI=1S/C16H20N4O3S/c1-11(2)20-24(22,23)14-6-4-5-13(7-14)9-19-16(21)15-10-17-12(3)8-18-15/h4-8,10-11,20H,9H2,1-3H3,(H,19,21). The van der Waals surface area contributed by atoms with E-state index in [0.29, 0.717) is 5.56 Å². The number of benzene rings is 1. The van der Waals surface area contributed by atoms with Crippen molar-refractivity contribution in [1.82, 2.24) is 20.0 Å². The molecule has 0 unspecified atom stereocenters. The molecule has 0 bridgehead atoms. The van der Waals surface area contributed by atoms with Gasteiger partial charge in [-0.15, -0.1) is 0 Å². The number of aryl methyl sites for hydroxylation is 1. The summed E-state index contributed by atoms with van der Waals surface area (Å²) in [6.45, 7) is 5.49. The molecule has 0 saturated heterocycles. The third-order valence-corrected chi connectivity index (χ3v) is 4.72. The molecule has 2 rings (SSSR count). The Bertz CT molecular complexity index is 817. The van der Waals surface area contributed by atoms with Crippen LogP contribution in [0.2, 0.25) is 0 Å². The molecule has 1 amide bonds. The second-order valence-electron chi connectivity index (χ2n) is 5.65. The van der Waals surface area contributed by atoms with Gasteiger partial charge in [-0.2, -0.15) is 0 Å². The molecule has 24 heavy (non-hydrogen) atoms. The molecule has 0 atom stereocenters. The van der Waals surface area contributed by atoms with Crippen molar-refractivity contribution in [2.45, 2.75) is 38.3 Å². The molecule has 1 heterocycles. The quantitative estimate of drug-likeness (QED) is 0.822. The van der Waals surface area contributed by atoms with Crippen molar-refractivity contribution in [3.05, 3.63) is 53.6 Å². The molecule has 0 fully saturated rings. The molecular weight excluding hydrogens is 328 g/mol. The maximum Gasteiger partial charge on any atom is 0.271 e. The van der Waals surface area contributed by atoms with Gasteiger partial charge in [-0.3, -0.25) is 9.78 Å². The zero-order valence-electron chi connectivity index (χ0n) is 13.8. The van der Waals surface area contributed by atoms with Crippen LogP contribution in [0.5, 0.6) is 0 Å². The second kappa shape index (κ2) is 7.50. The number of hydrogen-bond acceptors (Lipinski definition) is 5. The summed E-state index contributed by atoms with van der Waals surface area (Å²) < 4.78 is 26.9. The van der Waals surface area contributed by atoms with Crippen molar-refractivity contribution < 1.29 is 13.2 Å². The fourth-order valence-corrected chi connectivity index (χ4v) is 3.30. The van der Waals surface area contributed by atoms with Crippen LogP contribution in [0.25, 0.3) is 0 Å². The highest BCUT2D eigenvalue weighted by atomic mass is 32.2. The van der Waals surface area contributed by atoms with Gasteiger partial charge in [-0.25, -0.2) is 18.1 Å². The van der Waals surface area contributed by atoms with Gasteiger partial charge in [0.2, 0.25) is 10.0 Å². The Hall–Kier alpha value is -2.32. The lowest BCUT2D eigenvalue weighted by Crippen LogP contribution is -2.30. The van der Waals surface area contributed by atoms with E-state index in [2.05, 4.69) is 20.0 Å². The van der Waals surface area contributed by atoms with Gasteiger partial charge in [-0.1, -0.05) is 12.1 Å². The van der Waals surface area contributed by atoms with Crippen LogP contribution in [-0.2, 0) is 16.6 Å². The van der Waals surface area contributed by atoms with Crippen molar-refractivity contribution in [2.75, 3.05) is 0 Å². The van der Waals surface area contributed by atoms with Crippen LogP contribution in [0.1, 0.15) is 35.6 Å². The average Bonchev–Trinajstić information content (AvgIpc) is 2.52. The second-order valence-corrected chi connectivity index (χ2v) is 7.36. The van der Waals surface area contributed by atoms with Crippen molar-refractivity contribution in [3.8, 4) is 0 Å². The van der Waals surface area contributed by atoms with Gasteiger partial charge in [0.25, 0.3) is 5.91 Å². The number of nitrogens with zero attached hydrogens (tertiary/aromatic N) is 2. The highest BCUT2D eigenvalue weighted by Gasteiger charge is 2.15. The van der Waals surface area contributed by atoms with Crippen LogP contribution >= 0.6 is 0 Å². The topological polar surface area (TPSA) is 101 Å². The number of sulfonamides is 1. The van der Waals surface area contributed by atoms with E-state index in [9.17, 15) is 13.2 Å². The van der Waals surface area contributed by atoms with Gasteiger partial charge >= 0.3 is 0 Å². The van der Waals surface area contributed by atoms with E-state index in [1.807, 2.05) is 0 Å². The number of carbonyl (C=O) groups is 1. The van der Waals surface area contributed by atoms with E-state index in [-0.39, 0.29) is 29.1 Å². The third kappa shape index (κ3) is 4.84. The van der Waals surface area contributed by atoms with E-state index >= 15 is 0 Å². The van der Waals surface area contributed by atoms with Gasteiger partial charge in [0.1, 0.15) is 5.69 Å². The number of aromatic nitrogens is 2. The average molecular weight is 348 g/mol. The molecule has 0 aliphatic carbocycles. The molecule has 0 aliphatic heterocycles.